The highest BCUT2D eigenvalue weighted by molar-refractivity contribution is 9.10. The van der Waals surface area contributed by atoms with Gasteiger partial charge in [-0.2, -0.15) is 0 Å². The van der Waals surface area contributed by atoms with Crippen LogP contribution in [0.3, 0.4) is 0 Å². The Labute approximate surface area is 127 Å². The Hall–Kier alpha value is -1.37. The summed E-state index contributed by atoms with van der Waals surface area (Å²) in [6.45, 7) is 2.01. The summed E-state index contributed by atoms with van der Waals surface area (Å²) >= 11 is 3.39. The molecule has 4 nitrogen and oxygen atoms in total. The lowest BCUT2D eigenvalue weighted by molar-refractivity contribution is 0.581. The van der Waals surface area contributed by atoms with Crippen molar-refractivity contribution in [1.29, 1.82) is 0 Å². The molecule has 6 heteroatoms. The molecule has 0 unspecified atom stereocenters. The average molecular weight is 355 g/mol. The van der Waals surface area contributed by atoms with Gasteiger partial charge >= 0.3 is 0 Å². The van der Waals surface area contributed by atoms with Gasteiger partial charge in [-0.05, 0) is 42.3 Å². The maximum atomic E-state index is 12.2. The fourth-order valence-corrected chi connectivity index (χ4v) is 3.23. The molecule has 0 aromatic heterocycles. The molecule has 0 bridgehead atoms. The number of rotatable bonds is 4. The van der Waals surface area contributed by atoms with Gasteiger partial charge in [0, 0.05) is 16.7 Å². The predicted octanol–water partition coefficient (Wildman–Crippen LogP) is 2.82. The second-order valence-electron chi connectivity index (χ2n) is 4.43. The van der Waals surface area contributed by atoms with E-state index >= 15 is 0 Å². The summed E-state index contributed by atoms with van der Waals surface area (Å²) in [5.74, 6) is 0. The van der Waals surface area contributed by atoms with Crippen molar-refractivity contribution in [2.24, 2.45) is 0 Å². The van der Waals surface area contributed by atoms with Crippen molar-refractivity contribution in [3.05, 3.63) is 58.1 Å². The lowest BCUT2D eigenvalue weighted by Gasteiger charge is -2.09. The third kappa shape index (κ3) is 3.39. The number of nitrogens with two attached hydrogens (primary N) is 1. The molecule has 0 saturated carbocycles. The van der Waals surface area contributed by atoms with E-state index in [9.17, 15) is 8.42 Å². The standard InChI is InChI=1S/C14H15BrN2O2S/c1-10-8-12(6-7-14(10)16)20(18,19)17-9-11-4-2-3-5-13(11)15/h2-8,17H,9,16H2,1H3. The Bertz CT molecular complexity index is 730. The molecule has 0 saturated heterocycles. The molecule has 0 atom stereocenters. The molecule has 3 N–H and O–H groups in total. The monoisotopic (exact) mass is 354 g/mol. The largest absolute Gasteiger partial charge is 0.399 e. The molecule has 2 aromatic rings. The second-order valence-corrected chi connectivity index (χ2v) is 7.06. The number of hydrogen-bond donors (Lipinski definition) is 2. The summed E-state index contributed by atoms with van der Waals surface area (Å²) in [4.78, 5) is 0.219. The fraction of sp³-hybridized carbons (Fsp3) is 0.143. The zero-order chi connectivity index (χ0) is 14.8. The van der Waals surface area contributed by atoms with Crippen molar-refractivity contribution >= 4 is 31.6 Å². The summed E-state index contributed by atoms with van der Waals surface area (Å²) in [6, 6.07) is 12.1. The minimum absolute atomic E-state index is 0.219. The molecule has 0 spiro atoms. The van der Waals surface area contributed by atoms with Crippen molar-refractivity contribution in [1.82, 2.24) is 4.72 Å². The molecule has 20 heavy (non-hydrogen) atoms. The molecular weight excluding hydrogens is 340 g/mol. The van der Waals surface area contributed by atoms with E-state index in [0.29, 0.717) is 5.69 Å². The van der Waals surface area contributed by atoms with Gasteiger partial charge in [-0.1, -0.05) is 34.1 Å². The smallest absolute Gasteiger partial charge is 0.240 e. The zero-order valence-electron chi connectivity index (χ0n) is 10.9. The zero-order valence-corrected chi connectivity index (χ0v) is 13.3. The molecule has 0 fully saturated rings. The third-order valence-corrected chi connectivity index (χ3v) is 5.13. The Morgan fingerprint density at radius 1 is 1.20 bits per heavy atom. The maximum absolute atomic E-state index is 12.2. The molecule has 0 radical (unpaired) electrons. The van der Waals surface area contributed by atoms with E-state index in [1.807, 2.05) is 24.3 Å². The van der Waals surface area contributed by atoms with Crippen LogP contribution in [0, 0.1) is 6.92 Å². The topological polar surface area (TPSA) is 72.2 Å². The van der Waals surface area contributed by atoms with Crippen LogP contribution in [0.1, 0.15) is 11.1 Å². The molecule has 0 aliphatic carbocycles. The van der Waals surface area contributed by atoms with E-state index in [0.717, 1.165) is 15.6 Å². The molecule has 0 heterocycles. The SMILES string of the molecule is Cc1cc(S(=O)(=O)NCc2ccccc2Br)ccc1N. The van der Waals surface area contributed by atoms with E-state index < -0.39 is 10.0 Å². The molecule has 2 rings (SSSR count). The van der Waals surface area contributed by atoms with Gasteiger partial charge in [-0.15, -0.1) is 0 Å². The Morgan fingerprint density at radius 2 is 1.90 bits per heavy atom. The Balaban J connectivity index is 2.19. The molecular formula is C14H15BrN2O2S. The summed E-state index contributed by atoms with van der Waals surface area (Å²) < 4.78 is 27.9. The molecule has 0 aliphatic heterocycles. The van der Waals surface area contributed by atoms with Gasteiger partial charge in [-0.3, -0.25) is 0 Å². The van der Waals surface area contributed by atoms with Gasteiger partial charge in [0.1, 0.15) is 0 Å². The predicted molar refractivity (Wildman–Crippen MR) is 83.8 cm³/mol. The van der Waals surface area contributed by atoms with Crippen LogP contribution in [-0.4, -0.2) is 8.42 Å². The van der Waals surface area contributed by atoms with E-state index in [1.165, 1.54) is 6.07 Å². The van der Waals surface area contributed by atoms with Gasteiger partial charge in [-0.25, -0.2) is 13.1 Å². The number of aryl methyl sites for hydroxylation is 1. The lowest BCUT2D eigenvalue weighted by Crippen LogP contribution is -2.23. The third-order valence-electron chi connectivity index (χ3n) is 2.96. The number of nitrogens with one attached hydrogen (secondary N) is 1. The van der Waals surface area contributed by atoms with Crippen molar-refractivity contribution in [2.75, 3.05) is 5.73 Å². The first-order chi connectivity index (χ1) is 9.40. The number of anilines is 1. The molecule has 2 aromatic carbocycles. The number of benzene rings is 2. The first-order valence-electron chi connectivity index (χ1n) is 5.99. The minimum Gasteiger partial charge on any atom is -0.399 e. The van der Waals surface area contributed by atoms with E-state index in [1.54, 1.807) is 19.1 Å². The van der Waals surface area contributed by atoms with Gasteiger partial charge in [0.25, 0.3) is 0 Å². The van der Waals surface area contributed by atoms with Gasteiger partial charge in [0.15, 0.2) is 0 Å². The first-order valence-corrected chi connectivity index (χ1v) is 8.27. The normalized spacial score (nSPS) is 11.5. The quantitative estimate of drug-likeness (QED) is 0.829. The number of nitrogen functional groups attached to an aromatic ring is 1. The van der Waals surface area contributed by atoms with Crippen molar-refractivity contribution in [2.45, 2.75) is 18.4 Å². The summed E-state index contributed by atoms with van der Waals surface area (Å²) in [6.07, 6.45) is 0. The Kier molecular flexibility index (Phi) is 4.47. The van der Waals surface area contributed by atoms with Gasteiger partial charge in [0.2, 0.25) is 10.0 Å². The number of hydrogen-bond acceptors (Lipinski definition) is 3. The van der Waals surface area contributed by atoms with Crippen LogP contribution in [0.25, 0.3) is 0 Å². The lowest BCUT2D eigenvalue weighted by atomic mass is 10.2. The van der Waals surface area contributed by atoms with Crippen LogP contribution in [0.2, 0.25) is 0 Å². The number of sulfonamides is 1. The summed E-state index contributed by atoms with van der Waals surface area (Å²) in [5.41, 5.74) is 7.90. The van der Waals surface area contributed by atoms with E-state index in [2.05, 4.69) is 20.7 Å². The van der Waals surface area contributed by atoms with Crippen molar-refractivity contribution < 1.29 is 8.42 Å². The summed E-state index contributed by atoms with van der Waals surface area (Å²) in [5, 5.41) is 0. The highest BCUT2D eigenvalue weighted by Gasteiger charge is 2.14. The molecule has 0 amide bonds. The number of halogens is 1. The van der Waals surface area contributed by atoms with Crippen LogP contribution >= 0.6 is 15.9 Å². The highest BCUT2D eigenvalue weighted by Crippen LogP contribution is 2.19. The van der Waals surface area contributed by atoms with Gasteiger partial charge in [0.05, 0.1) is 4.90 Å². The van der Waals surface area contributed by atoms with Crippen LogP contribution in [-0.2, 0) is 16.6 Å². The Morgan fingerprint density at radius 3 is 2.55 bits per heavy atom. The second kappa shape index (κ2) is 5.95. The summed E-state index contributed by atoms with van der Waals surface area (Å²) in [7, 11) is -3.54. The molecule has 0 aliphatic rings. The van der Waals surface area contributed by atoms with Crippen LogP contribution in [0.15, 0.2) is 51.8 Å². The highest BCUT2D eigenvalue weighted by atomic mass is 79.9. The van der Waals surface area contributed by atoms with Crippen molar-refractivity contribution in [3.8, 4) is 0 Å². The van der Waals surface area contributed by atoms with Gasteiger partial charge < -0.3 is 5.73 Å². The molecule has 106 valence electrons. The minimum atomic E-state index is -3.54. The maximum Gasteiger partial charge on any atom is 0.240 e. The fourth-order valence-electron chi connectivity index (χ4n) is 1.71. The van der Waals surface area contributed by atoms with Crippen LogP contribution < -0.4 is 10.5 Å². The van der Waals surface area contributed by atoms with E-state index in [4.69, 9.17) is 5.73 Å². The first kappa shape index (κ1) is 15.0. The van der Waals surface area contributed by atoms with Crippen LogP contribution in [0.5, 0.6) is 0 Å². The van der Waals surface area contributed by atoms with Crippen molar-refractivity contribution in [3.63, 3.8) is 0 Å². The van der Waals surface area contributed by atoms with E-state index in [-0.39, 0.29) is 11.4 Å². The van der Waals surface area contributed by atoms with Crippen LogP contribution in [0.4, 0.5) is 5.69 Å². The average Bonchev–Trinajstić information content (AvgIpc) is 2.41.